The van der Waals surface area contributed by atoms with Crippen molar-refractivity contribution < 1.29 is 0 Å². The highest BCUT2D eigenvalue weighted by Gasteiger charge is 2.61. The Morgan fingerprint density at radius 2 is 0.871 bits per heavy atom. The van der Waals surface area contributed by atoms with Gasteiger partial charge in [-0.2, -0.15) is 0 Å². The monoisotopic (exact) mass is 894 g/mol. The van der Waals surface area contributed by atoms with Crippen LogP contribution in [-0.2, 0) is 5.41 Å². The van der Waals surface area contributed by atoms with Crippen LogP contribution in [0.5, 0.6) is 0 Å². The summed E-state index contributed by atoms with van der Waals surface area (Å²) in [5.41, 5.74) is 21.1. The average Bonchev–Trinajstić information content (AvgIpc) is 4.03. The summed E-state index contributed by atoms with van der Waals surface area (Å²) >= 11 is 0. The van der Waals surface area contributed by atoms with Gasteiger partial charge in [-0.15, -0.1) is 0 Å². The molecule has 0 amide bonds. The molecule has 2 nitrogen and oxygen atoms in total. The van der Waals surface area contributed by atoms with Crippen molar-refractivity contribution in [2.45, 2.75) is 37.5 Å². The first-order valence-corrected chi connectivity index (χ1v) is 25.7. The Bertz CT molecular complexity index is 4120. The first-order chi connectivity index (χ1) is 34.7. The van der Waals surface area contributed by atoms with Crippen molar-refractivity contribution in [2.24, 2.45) is 23.7 Å². The largest absolute Gasteiger partial charge is 0.309 e. The third-order valence-corrected chi connectivity index (χ3v) is 17.9. The predicted octanol–water partition coefficient (Wildman–Crippen LogP) is 17.8. The first kappa shape index (κ1) is 39.0. The summed E-state index contributed by atoms with van der Waals surface area (Å²) in [6, 6.07) is 82.7. The molecule has 4 bridgehead atoms. The summed E-state index contributed by atoms with van der Waals surface area (Å²) in [6.07, 6.45) is 7.05. The third-order valence-electron chi connectivity index (χ3n) is 17.9. The molecule has 0 atom stereocenters. The molecule has 332 valence electrons. The smallest absolute Gasteiger partial charge is 0.0547 e. The Morgan fingerprint density at radius 3 is 1.69 bits per heavy atom. The fourth-order valence-corrected chi connectivity index (χ4v) is 15.3. The number of para-hydroxylation sites is 2. The number of nitrogens with zero attached hydrogens (tertiary/aromatic N) is 2. The summed E-state index contributed by atoms with van der Waals surface area (Å²) in [5.74, 6) is 3.33. The van der Waals surface area contributed by atoms with Crippen LogP contribution in [-0.4, -0.2) is 9.13 Å². The number of rotatable bonds is 5. The van der Waals surface area contributed by atoms with Crippen LogP contribution in [0.2, 0.25) is 0 Å². The minimum absolute atomic E-state index is 0.141. The van der Waals surface area contributed by atoms with Crippen molar-refractivity contribution in [1.29, 1.82) is 0 Å². The SMILES string of the molecule is c1ccc(-c2cccc(-n3c4ccccc4c4cc(-c5ccc6c7ccccc7n(-c7ccc(-c8ccc9c(c8)C8(c%10ccccc%10-9)C9CC%10CC(C9)CC8C%10)c8ccccc78)c6c5)ccc43)c2)cc1. The summed E-state index contributed by atoms with van der Waals surface area (Å²) in [6.45, 7) is 0. The average molecular weight is 895 g/mol. The van der Waals surface area contributed by atoms with E-state index in [0.717, 1.165) is 29.4 Å². The number of hydrogen-bond acceptors (Lipinski definition) is 0. The molecule has 2 heterocycles. The molecule has 4 saturated carbocycles. The van der Waals surface area contributed by atoms with E-state index in [-0.39, 0.29) is 5.41 Å². The molecule has 10 aromatic carbocycles. The zero-order valence-corrected chi connectivity index (χ0v) is 39.0. The second-order valence-electron chi connectivity index (χ2n) is 21.2. The van der Waals surface area contributed by atoms with Crippen LogP contribution >= 0.6 is 0 Å². The van der Waals surface area contributed by atoms with E-state index < -0.39 is 0 Å². The normalized spacial score (nSPS) is 20.9. The third kappa shape index (κ3) is 5.34. The quantitative estimate of drug-likeness (QED) is 0.163. The Balaban J connectivity index is 0.842. The van der Waals surface area contributed by atoms with E-state index >= 15 is 0 Å². The van der Waals surface area contributed by atoms with Crippen LogP contribution in [0.3, 0.4) is 0 Å². The minimum atomic E-state index is 0.141. The number of hydrogen-bond donors (Lipinski definition) is 0. The lowest BCUT2D eigenvalue weighted by atomic mass is 9.43. The fraction of sp³-hybridized carbons (Fsp3) is 0.147. The molecule has 12 aromatic rings. The highest BCUT2D eigenvalue weighted by Crippen LogP contribution is 2.69. The summed E-state index contributed by atoms with van der Waals surface area (Å²) in [5, 5.41) is 7.62. The molecule has 2 heteroatoms. The van der Waals surface area contributed by atoms with Gasteiger partial charge in [-0.25, -0.2) is 0 Å². The molecule has 2 aromatic heterocycles. The van der Waals surface area contributed by atoms with Gasteiger partial charge in [0.2, 0.25) is 0 Å². The van der Waals surface area contributed by atoms with E-state index in [2.05, 4.69) is 228 Å². The lowest BCUT2D eigenvalue weighted by Gasteiger charge is -2.61. The standard InChI is InChI=1S/C68H50N2/c1-2-13-44(14-3-1)45-15-12-16-51(38-45)69-63-23-10-8-21-58(63)60-39-46(27-31-66(60)69)47-25-29-59-57-20-7-11-24-64(57)70(67(59)41-47)65-32-30-52(53-17-4-5-19-56(53)65)48-26-28-55-54-18-6-9-22-61(54)68(62(55)40-48)49-34-42-33-43(36-49)37-50(68)35-42/h1-32,38-43,49-50H,33-37H2. The van der Waals surface area contributed by atoms with Gasteiger partial charge < -0.3 is 9.13 Å². The van der Waals surface area contributed by atoms with Gasteiger partial charge in [0.15, 0.2) is 0 Å². The van der Waals surface area contributed by atoms with Crippen LogP contribution in [0, 0.1) is 23.7 Å². The molecule has 5 aliphatic carbocycles. The van der Waals surface area contributed by atoms with Crippen LogP contribution in [0.4, 0.5) is 0 Å². The maximum atomic E-state index is 2.65. The van der Waals surface area contributed by atoms with Crippen molar-refractivity contribution >= 4 is 54.4 Å². The minimum Gasteiger partial charge on any atom is -0.309 e. The number of aromatic nitrogens is 2. The van der Waals surface area contributed by atoms with E-state index in [9.17, 15) is 0 Å². The van der Waals surface area contributed by atoms with E-state index in [1.165, 1.54) is 137 Å². The highest BCUT2D eigenvalue weighted by atomic mass is 15.0. The van der Waals surface area contributed by atoms with Crippen LogP contribution < -0.4 is 0 Å². The van der Waals surface area contributed by atoms with Crippen LogP contribution in [0.15, 0.2) is 218 Å². The Kier molecular flexibility index (Phi) is 8.10. The van der Waals surface area contributed by atoms with Crippen molar-refractivity contribution in [2.75, 3.05) is 0 Å². The second-order valence-corrected chi connectivity index (χ2v) is 21.2. The number of benzene rings is 10. The second kappa shape index (κ2) is 14.5. The van der Waals surface area contributed by atoms with Gasteiger partial charge in [0, 0.05) is 38.0 Å². The molecule has 17 rings (SSSR count). The zero-order valence-electron chi connectivity index (χ0n) is 39.0. The molecule has 0 radical (unpaired) electrons. The van der Waals surface area contributed by atoms with Crippen molar-refractivity contribution in [1.82, 2.24) is 9.13 Å². The highest BCUT2D eigenvalue weighted by molar-refractivity contribution is 6.14. The van der Waals surface area contributed by atoms with Crippen LogP contribution in [0.1, 0.15) is 43.2 Å². The molecular weight excluding hydrogens is 845 g/mol. The zero-order chi connectivity index (χ0) is 45.7. The van der Waals surface area contributed by atoms with Crippen molar-refractivity contribution in [3.8, 4) is 55.9 Å². The van der Waals surface area contributed by atoms with Crippen LogP contribution in [0.25, 0.3) is 110 Å². The Morgan fingerprint density at radius 1 is 0.300 bits per heavy atom. The topological polar surface area (TPSA) is 9.86 Å². The fourth-order valence-electron chi connectivity index (χ4n) is 15.3. The van der Waals surface area contributed by atoms with E-state index in [0.29, 0.717) is 0 Å². The van der Waals surface area contributed by atoms with Gasteiger partial charge in [0.1, 0.15) is 0 Å². The van der Waals surface area contributed by atoms with E-state index in [1.54, 1.807) is 11.1 Å². The molecule has 4 fully saturated rings. The summed E-state index contributed by atoms with van der Waals surface area (Å²) in [4.78, 5) is 0. The molecule has 0 N–H and O–H groups in total. The first-order valence-electron chi connectivity index (χ1n) is 25.7. The van der Waals surface area contributed by atoms with Gasteiger partial charge in [0.25, 0.3) is 0 Å². The lowest BCUT2D eigenvalue weighted by molar-refractivity contribution is -0.0399. The van der Waals surface area contributed by atoms with Gasteiger partial charge in [-0.1, -0.05) is 164 Å². The molecular formula is C68H50N2. The van der Waals surface area contributed by atoms with Crippen molar-refractivity contribution in [3.05, 3.63) is 230 Å². The van der Waals surface area contributed by atoms with E-state index in [4.69, 9.17) is 0 Å². The maximum absolute atomic E-state index is 2.65. The van der Waals surface area contributed by atoms with Gasteiger partial charge in [0.05, 0.1) is 27.8 Å². The van der Waals surface area contributed by atoms with Gasteiger partial charge in [-0.05, 0) is 171 Å². The molecule has 1 spiro atoms. The molecule has 70 heavy (non-hydrogen) atoms. The summed E-state index contributed by atoms with van der Waals surface area (Å²) < 4.78 is 4.97. The predicted molar refractivity (Wildman–Crippen MR) is 292 cm³/mol. The van der Waals surface area contributed by atoms with E-state index in [1.807, 2.05) is 0 Å². The van der Waals surface area contributed by atoms with Gasteiger partial charge >= 0.3 is 0 Å². The lowest BCUT2D eigenvalue weighted by Crippen LogP contribution is -2.55. The molecule has 5 aliphatic rings. The Labute approximate surface area is 408 Å². The number of fused-ring (bicyclic) bond motifs is 10. The molecule has 0 unspecified atom stereocenters. The maximum Gasteiger partial charge on any atom is 0.0547 e. The molecule has 0 saturated heterocycles. The summed E-state index contributed by atoms with van der Waals surface area (Å²) in [7, 11) is 0. The molecule has 0 aliphatic heterocycles. The Hall–Kier alpha value is -7.94. The van der Waals surface area contributed by atoms with Crippen molar-refractivity contribution in [3.63, 3.8) is 0 Å². The van der Waals surface area contributed by atoms with Gasteiger partial charge in [-0.3, -0.25) is 0 Å².